The normalized spacial score (nSPS) is 14.4. The SMILES string of the molecule is Cc1ccc(C(C)C)c(N2C(=O)CSC2=NC(=S)NCCCCc2ccc(-c3ncn(-c4ccc(OC(F)(F)F)cc4)n3)cc2)c1. The number of amidine groups is 1. The topological polar surface area (TPSA) is 84.6 Å². The Morgan fingerprint density at radius 1 is 1.09 bits per heavy atom. The molecule has 0 saturated carbocycles. The molecule has 8 nitrogen and oxygen atoms in total. The lowest BCUT2D eigenvalue weighted by molar-refractivity contribution is -0.274. The molecule has 0 aliphatic carbocycles. The summed E-state index contributed by atoms with van der Waals surface area (Å²) in [5.74, 6) is 0.802. The molecule has 1 aromatic heterocycles. The summed E-state index contributed by atoms with van der Waals surface area (Å²) in [6, 6.07) is 19.5. The highest BCUT2D eigenvalue weighted by Crippen LogP contribution is 2.34. The second kappa shape index (κ2) is 14.5. The van der Waals surface area contributed by atoms with E-state index < -0.39 is 6.36 Å². The minimum atomic E-state index is -4.74. The van der Waals surface area contributed by atoms with E-state index in [1.807, 2.05) is 37.3 Å². The molecule has 0 radical (unpaired) electrons. The van der Waals surface area contributed by atoms with Crippen LogP contribution < -0.4 is 15.0 Å². The summed E-state index contributed by atoms with van der Waals surface area (Å²) in [5.41, 5.74) is 5.60. The number of anilines is 1. The first-order valence-corrected chi connectivity index (χ1v) is 16.2. The molecular formula is C33H33F3N6O2S2. The van der Waals surface area contributed by atoms with E-state index in [9.17, 15) is 18.0 Å². The van der Waals surface area contributed by atoms with Gasteiger partial charge >= 0.3 is 6.36 Å². The van der Waals surface area contributed by atoms with Crippen molar-refractivity contribution in [2.45, 2.75) is 52.3 Å². The van der Waals surface area contributed by atoms with Crippen molar-refractivity contribution in [1.29, 1.82) is 0 Å². The van der Waals surface area contributed by atoms with Gasteiger partial charge < -0.3 is 10.1 Å². The van der Waals surface area contributed by atoms with Gasteiger partial charge in [-0.05, 0) is 91.3 Å². The molecule has 4 aromatic rings. The molecule has 1 aliphatic heterocycles. The van der Waals surface area contributed by atoms with Gasteiger partial charge in [0.1, 0.15) is 12.1 Å². The molecule has 5 rings (SSSR count). The molecule has 1 saturated heterocycles. The van der Waals surface area contributed by atoms with Crippen molar-refractivity contribution in [3.63, 3.8) is 0 Å². The highest BCUT2D eigenvalue weighted by atomic mass is 32.2. The average Bonchev–Trinajstić information content (AvgIpc) is 3.64. The van der Waals surface area contributed by atoms with E-state index in [2.05, 4.69) is 51.1 Å². The van der Waals surface area contributed by atoms with Gasteiger partial charge in [-0.25, -0.2) is 9.67 Å². The van der Waals surface area contributed by atoms with Crippen molar-refractivity contribution in [3.05, 3.63) is 89.7 Å². The van der Waals surface area contributed by atoms with Gasteiger partial charge in [-0.1, -0.05) is 62.0 Å². The second-order valence-corrected chi connectivity index (χ2v) is 12.4. The Hall–Kier alpha value is -4.23. The maximum absolute atomic E-state index is 12.8. The number of aryl methyl sites for hydroxylation is 2. The minimum absolute atomic E-state index is 0.00217. The lowest BCUT2D eigenvalue weighted by atomic mass is 9.99. The molecule has 1 N–H and O–H groups in total. The molecule has 0 bridgehead atoms. The molecule has 3 aromatic carbocycles. The van der Waals surface area contributed by atoms with E-state index >= 15 is 0 Å². The highest BCUT2D eigenvalue weighted by molar-refractivity contribution is 8.15. The minimum Gasteiger partial charge on any atom is -0.406 e. The van der Waals surface area contributed by atoms with E-state index in [0.717, 1.165) is 41.6 Å². The Kier molecular flexibility index (Phi) is 10.4. The zero-order chi connectivity index (χ0) is 32.8. The van der Waals surface area contributed by atoms with Gasteiger partial charge in [0.05, 0.1) is 17.1 Å². The number of thioether (sulfide) groups is 1. The van der Waals surface area contributed by atoms with Crippen LogP contribution in [-0.4, -0.2) is 49.6 Å². The molecule has 0 unspecified atom stereocenters. The fourth-order valence-corrected chi connectivity index (χ4v) is 6.05. The van der Waals surface area contributed by atoms with E-state index in [1.165, 1.54) is 52.6 Å². The van der Waals surface area contributed by atoms with Gasteiger partial charge in [-0.15, -0.1) is 18.3 Å². The van der Waals surface area contributed by atoms with Crippen LogP contribution in [0, 0.1) is 6.92 Å². The van der Waals surface area contributed by atoms with Crippen molar-refractivity contribution < 1.29 is 22.7 Å². The van der Waals surface area contributed by atoms with Gasteiger partial charge in [-0.3, -0.25) is 9.69 Å². The standard InChI is InChI=1S/C33H33F3N6O2S2/c1-21(2)27-16-7-22(3)18-28(27)42-29(43)19-46-32(42)39-31(45)37-17-5-4-6-23-8-10-24(11-9-23)30-38-20-41(40-30)25-12-14-26(15-13-25)44-33(34,35)36/h7-16,18,20-21H,4-6,17,19H2,1-3H3,(H,37,45). The maximum atomic E-state index is 12.8. The van der Waals surface area contributed by atoms with E-state index in [4.69, 9.17) is 12.2 Å². The van der Waals surface area contributed by atoms with Gasteiger partial charge in [0.15, 0.2) is 16.1 Å². The second-order valence-electron chi connectivity index (χ2n) is 11.1. The number of rotatable bonds is 10. The Morgan fingerprint density at radius 2 is 1.83 bits per heavy atom. The number of hydrogen-bond donors (Lipinski definition) is 1. The highest BCUT2D eigenvalue weighted by Gasteiger charge is 2.32. The number of ether oxygens (including phenoxy) is 1. The predicted molar refractivity (Wildman–Crippen MR) is 180 cm³/mol. The Labute approximate surface area is 275 Å². The summed E-state index contributed by atoms with van der Waals surface area (Å²) in [6.07, 6.45) is -0.531. The number of aliphatic imine (C=N–C) groups is 1. The third-order valence-electron chi connectivity index (χ3n) is 7.22. The zero-order valence-electron chi connectivity index (χ0n) is 25.5. The summed E-state index contributed by atoms with van der Waals surface area (Å²) in [5, 5.41) is 8.63. The van der Waals surface area contributed by atoms with E-state index in [-0.39, 0.29) is 17.6 Å². The number of aromatic nitrogens is 3. The number of thiocarbonyl (C=S) groups is 1. The first-order valence-electron chi connectivity index (χ1n) is 14.8. The predicted octanol–water partition coefficient (Wildman–Crippen LogP) is 7.60. The number of nitrogens with one attached hydrogen (secondary N) is 1. The van der Waals surface area contributed by atoms with Crippen molar-refractivity contribution in [2.24, 2.45) is 4.99 Å². The third kappa shape index (κ3) is 8.52. The third-order valence-corrected chi connectivity index (χ3v) is 8.38. The van der Waals surface area contributed by atoms with Crippen molar-refractivity contribution in [3.8, 4) is 22.8 Å². The molecule has 2 heterocycles. The van der Waals surface area contributed by atoms with Gasteiger partial charge in [0.25, 0.3) is 0 Å². The van der Waals surface area contributed by atoms with Crippen LogP contribution >= 0.6 is 24.0 Å². The Morgan fingerprint density at radius 3 is 2.52 bits per heavy atom. The molecule has 46 heavy (non-hydrogen) atoms. The maximum Gasteiger partial charge on any atom is 0.573 e. The van der Waals surface area contributed by atoms with Crippen LogP contribution in [0.1, 0.15) is 49.3 Å². The summed E-state index contributed by atoms with van der Waals surface area (Å²) in [4.78, 5) is 23.4. The van der Waals surface area contributed by atoms with Crippen molar-refractivity contribution in [1.82, 2.24) is 20.1 Å². The van der Waals surface area contributed by atoms with Crippen LogP contribution in [0.5, 0.6) is 5.75 Å². The van der Waals surface area contributed by atoms with Crippen LogP contribution in [-0.2, 0) is 11.2 Å². The molecule has 240 valence electrons. The zero-order valence-corrected chi connectivity index (χ0v) is 27.2. The lowest BCUT2D eigenvalue weighted by Gasteiger charge is -2.22. The monoisotopic (exact) mass is 666 g/mol. The number of halogens is 3. The fraction of sp³-hybridized carbons (Fsp3) is 0.303. The Balaban J connectivity index is 1.09. The number of carbonyl (C=O) groups is 1. The largest absolute Gasteiger partial charge is 0.573 e. The molecule has 13 heteroatoms. The number of hydrogen-bond acceptors (Lipinski definition) is 6. The molecule has 1 fully saturated rings. The first kappa shape index (κ1) is 33.1. The van der Waals surface area contributed by atoms with E-state index in [1.54, 1.807) is 4.90 Å². The van der Waals surface area contributed by atoms with Crippen molar-refractivity contribution in [2.75, 3.05) is 17.2 Å². The average molecular weight is 667 g/mol. The van der Waals surface area contributed by atoms with Crippen LogP contribution in [0.4, 0.5) is 18.9 Å². The van der Waals surface area contributed by atoms with Crippen LogP contribution in [0.2, 0.25) is 0 Å². The van der Waals surface area contributed by atoms with Crippen LogP contribution in [0.25, 0.3) is 17.1 Å². The Bertz CT molecular complexity index is 1720. The van der Waals surface area contributed by atoms with Gasteiger partial charge in [-0.2, -0.15) is 4.99 Å². The first-order chi connectivity index (χ1) is 22.0. The quantitative estimate of drug-likeness (QED) is 0.138. The van der Waals surface area contributed by atoms with Gasteiger partial charge in [0, 0.05) is 12.1 Å². The summed E-state index contributed by atoms with van der Waals surface area (Å²) in [6.45, 7) is 6.90. The molecule has 0 atom stereocenters. The van der Waals surface area contributed by atoms with Crippen LogP contribution in [0.3, 0.4) is 0 Å². The number of amides is 1. The van der Waals surface area contributed by atoms with E-state index in [0.29, 0.717) is 34.1 Å². The molecule has 1 amide bonds. The van der Waals surface area contributed by atoms with Crippen molar-refractivity contribution >= 4 is 45.9 Å². The molecule has 0 spiro atoms. The molecular weight excluding hydrogens is 634 g/mol. The summed E-state index contributed by atoms with van der Waals surface area (Å²) >= 11 is 6.89. The number of benzene rings is 3. The number of carbonyl (C=O) groups excluding carboxylic acids is 1. The summed E-state index contributed by atoms with van der Waals surface area (Å²) in [7, 11) is 0. The number of unbranched alkanes of at least 4 members (excludes halogenated alkanes) is 1. The summed E-state index contributed by atoms with van der Waals surface area (Å²) < 4.78 is 42.6. The molecule has 1 aliphatic rings. The van der Waals surface area contributed by atoms with Crippen LogP contribution in [0.15, 0.2) is 78.0 Å². The lowest BCUT2D eigenvalue weighted by Crippen LogP contribution is -2.32. The van der Waals surface area contributed by atoms with Gasteiger partial charge in [0.2, 0.25) is 5.91 Å². The number of nitrogens with zero attached hydrogens (tertiary/aromatic N) is 5. The number of alkyl halides is 3. The smallest absolute Gasteiger partial charge is 0.406 e. The fourth-order valence-electron chi connectivity index (χ4n) is 4.93.